The van der Waals surface area contributed by atoms with Crippen LogP contribution in [0.25, 0.3) is 0 Å². The first-order valence-electron chi connectivity index (χ1n) is 3.27. The minimum absolute atomic E-state index is 0. The second-order valence-electron chi connectivity index (χ2n) is 1.78. The van der Waals surface area contributed by atoms with E-state index in [0.29, 0.717) is 6.42 Å². The van der Waals surface area contributed by atoms with E-state index < -0.39 is 10.4 Å². The van der Waals surface area contributed by atoms with Crippen molar-refractivity contribution < 1.29 is 21.9 Å². The van der Waals surface area contributed by atoms with Gasteiger partial charge in [0.05, 0.1) is 19.8 Å². The quantitative estimate of drug-likeness (QED) is 0.617. The standard InChI is InChI=1S/C5H12O5S.H3N/c1-2-4-9-11(7,8)10-5-3-6;/h6H,2-5H2,1H3;1H3. The minimum atomic E-state index is -3.87. The van der Waals surface area contributed by atoms with Crippen LogP contribution in [0.15, 0.2) is 0 Å². The molecule has 0 amide bonds. The molecular weight excluding hydrogens is 186 g/mol. The Morgan fingerprint density at radius 1 is 1.25 bits per heavy atom. The molecule has 4 N–H and O–H groups in total. The molecule has 0 aliphatic carbocycles. The van der Waals surface area contributed by atoms with Gasteiger partial charge in [0, 0.05) is 0 Å². The molecule has 0 aromatic rings. The van der Waals surface area contributed by atoms with Gasteiger partial charge in [-0.15, -0.1) is 0 Å². The zero-order valence-corrected chi connectivity index (χ0v) is 7.84. The molecule has 0 rings (SSSR count). The van der Waals surface area contributed by atoms with Gasteiger partial charge < -0.3 is 11.3 Å². The predicted octanol–water partition coefficient (Wildman–Crippen LogP) is -0.171. The van der Waals surface area contributed by atoms with E-state index >= 15 is 0 Å². The minimum Gasteiger partial charge on any atom is -0.394 e. The normalized spacial score (nSPS) is 10.8. The zero-order valence-electron chi connectivity index (χ0n) is 7.02. The zero-order chi connectivity index (χ0) is 8.74. The molecule has 0 unspecified atom stereocenters. The average molecular weight is 201 g/mol. The van der Waals surface area contributed by atoms with Crippen LogP contribution in [0, 0.1) is 0 Å². The molecule has 7 heteroatoms. The first-order valence-corrected chi connectivity index (χ1v) is 4.60. The fraction of sp³-hybridized carbons (Fsp3) is 1.00. The Kier molecular flexibility index (Phi) is 8.88. The Labute approximate surface area is 72.4 Å². The summed E-state index contributed by atoms with van der Waals surface area (Å²) in [4.78, 5) is 0. The first kappa shape index (κ1) is 14.3. The third kappa shape index (κ3) is 7.89. The van der Waals surface area contributed by atoms with Crippen LogP contribution in [0.5, 0.6) is 0 Å². The largest absolute Gasteiger partial charge is 0.399 e. The lowest BCUT2D eigenvalue weighted by molar-refractivity contribution is 0.168. The van der Waals surface area contributed by atoms with Gasteiger partial charge in [-0.1, -0.05) is 6.92 Å². The fourth-order valence-corrected chi connectivity index (χ4v) is 1.08. The summed E-state index contributed by atoms with van der Waals surface area (Å²) >= 11 is 0. The molecule has 0 saturated carbocycles. The molecule has 6 nitrogen and oxygen atoms in total. The Bertz CT molecular complexity index is 164. The second-order valence-corrected chi connectivity index (χ2v) is 3.06. The molecule has 0 aliphatic heterocycles. The van der Waals surface area contributed by atoms with Crippen molar-refractivity contribution in [3.05, 3.63) is 0 Å². The summed E-state index contributed by atoms with van der Waals surface area (Å²) in [6, 6.07) is 0. The third-order valence-corrected chi connectivity index (χ3v) is 1.66. The number of aliphatic hydroxyl groups is 1. The van der Waals surface area contributed by atoms with Gasteiger partial charge in [0.1, 0.15) is 0 Å². The molecular formula is C5H15NO5S. The fourth-order valence-electron chi connectivity index (χ4n) is 0.359. The van der Waals surface area contributed by atoms with Gasteiger partial charge in [-0.05, 0) is 6.42 Å². The van der Waals surface area contributed by atoms with Crippen LogP contribution in [-0.2, 0) is 18.8 Å². The molecule has 0 saturated heterocycles. The molecule has 0 heterocycles. The monoisotopic (exact) mass is 201 g/mol. The average Bonchev–Trinajstić information content (AvgIpc) is 1.97. The summed E-state index contributed by atoms with van der Waals surface area (Å²) in [6.07, 6.45) is 0.599. The van der Waals surface area contributed by atoms with Gasteiger partial charge in [0.25, 0.3) is 0 Å². The third-order valence-electron chi connectivity index (χ3n) is 0.751. The summed E-state index contributed by atoms with van der Waals surface area (Å²) in [5.41, 5.74) is 0. The van der Waals surface area contributed by atoms with Crippen LogP contribution >= 0.6 is 0 Å². The van der Waals surface area contributed by atoms with Crippen molar-refractivity contribution in [2.45, 2.75) is 13.3 Å². The summed E-state index contributed by atoms with van der Waals surface area (Å²) in [5, 5.41) is 8.21. The van der Waals surface area contributed by atoms with Crippen LogP contribution in [0.2, 0.25) is 0 Å². The van der Waals surface area contributed by atoms with Crippen molar-refractivity contribution in [1.82, 2.24) is 6.15 Å². The molecule has 12 heavy (non-hydrogen) atoms. The molecule has 0 spiro atoms. The highest BCUT2D eigenvalue weighted by Gasteiger charge is 2.09. The molecule has 0 aliphatic rings. The van der Waals surface area contributed by atoms with Crippen molar-refractivity contribution in [2.75, 3.05) is 19.8 Å². The Balaban J connectivity index is 0. The van der Waals surface area contributed by atoms with Crippen LogP contribution in [0.1, 0.15) is 13.3 Å². The maximum atomic E-state index is 10.6. The Morgan fingerprint density at radius 2 is 1.75 bits per heavy atom. The highest BCUT2D eigenvalue weighted by atomic mass is 32.3. The van der Waals surface area contributed by atoms with E-state index in [0.717, 1.165) is 0 Å². The van der Waals surface area contributed by atoms with Crippen molar-refractivity contribution in [2.24, 2.45) is 0 Å². The number of hydrogen-bond acceptors (Lipinski definition) is 6. The van der Waals surface area contributed by atoms with Crippen LogP contribution in [0.4, 0.5) is 0 Å². The SMILES string of the molecule is CCCOS(=O)(=O)OCCO.N. The lowest BCUT2D eigenvalue weighted by Gasteiger charge is -2.02. The molecule has 76 valence electrons. The van der Waals surface area contributed by atoms with Gasteiger partial charge in [-0.3, -0.25) is 0 Å². The summed E-state index contributed by atoms with van der Waals surface area (Å²) in [6.45, 7) is 1.29. The summed E-state index contributed by atoms with van der Waals surface area (Å²) in [5.74, 6) is 0. The smallest absolute Gasteiger partial charge is 0.394 e. The summed E-state index contributed by atoms with van der Waals surface area (Å²) < 4.78 is 29.7. The maximum Gasteiger partial charge on any atom is 0.399 e. The van der Waals surface area contributed by atoms with Crippen LogP contribution in [0.3, 0.4) is 0 Å². The van der Waals surface area contributed by atoms with Crippen molar-refractivity contribution in [3.63, 3.8) is 0 Å². The topological polar surface area (TPSA) is 108 Å². The Hall–Kier alpha value is -0.210. The van der Waals surface area contributed by atoms with Gasteiger partial charge in [-0.25, -0.2) is 8.37 Å². The van der Waals surface area contributed by atoms with Crippen molar-refractivity contribution in [1.29, 1.82) is 0 Å². The Morgan fingerprint density at radius 3 is 2.17 bits per heavy atom. The van der Waals surface area contributed by atoms with E-state index in [-0.39, 0.29) is 26.0 Å². The number of hydrogen-bond donors (Lipinski definition) is 2. The molecule has 0 fully saturated rings. The van der Waals surface area contributed by atoms with E-state index in [1.54, 1.807) is 6.92 Å². The molecule has 0 aromatic heterocycles. The van der Waals surface area contributed by atoms with E-state index in [9.17, 15) is 8.42 Å². The van der Waals surface area contributed by atoms with E-state index in [4.69, 9.17) is 5.11 Å². The highest BCUT2D eigenvalue weighted by molar-refractivity contribution is 7.81. The van der Waals surface area contributed by atoms with Gasteiger partial charge in [-0.2, -0.15) is 8.42 Å². The van der Waals surface area contributed by atoms with Crippen molar-refractivity contribution in [3.8, 4) is 0 Å². The predicted molar refractivity (Wildman–Crippen MR) is 43.2 cm³/mol. The lowest BCUT2D eigenvalue weighted by Crippen LogP contribution is -2.13. The second kappa shape index (κ2) is 7.44. The van der Waals surface area contributed by atoms with Gasteiger partial charge in [0.15, 0.2) is 0 Å². The molecule has 0 aromatic carbocycles. The molecule has 0 radical (unpaired) electrons. The van der Waals surface area contributed by atoms with Crippen LogP contribution in [-0.4, -0.2) is 33.3 Å². The van der Waals surface area contributed by atoms with E-state index in [2.05, 4.69) is 8.37 Å². The first-order chi connectivity index (χ1) is 5.12. The van der Waals surface area contributed by atoms with Gasteiger partial charge in [0.2, 0.25) is 0 Å². The van der Waals surface area contributed by atoms with Gasteiger partial charge >= 0.3 is 10.4 Å². The maximum absolute atomic E-state index is 10.6. The van der Waals surface area contributed by atoms with E-state index in [1.807, 2.05) is 0 Å². The number of rotatable bonds is 6. The lowest BCUT2D eigenvalue weighted by atomic mass is 10.5. The van der Waals surface area contributed by atoms with E-state index in [1.165, 1.54) is 0 Å². The van der Waals surface area contributed by atoms with Crippen LogP contribution < -0.4 is 6.15 Å². The van der Waals surface area contributed by atoms with Crippen molar-refractivity contribution >= 4 is 10.4 Å². The molecule has 0 bridgehead atoms. The highest BCUT2D eigenvalue weighted by Crippen LogP contribution is 1.95. The molecule has 0 atom stereocenters. The summed E-state index contributed by atoms with van der Waals surface area (Å²) in [7, 11) is -3.87. The number of aliphatic hydroxyl groups excluding tert-OH is 1.